The molecule has 0 atom stereocenters. The molecule has 0 aromatic heterocycles. The smallest absolute Gasteiger partial charge is 0.140 e. The first-order valence-corrected chi connectivity index (χ1v) is 9.37. The lowest BCUT2D eigenvalue weighted by Crippen LogP contribution is -2.19. The van der Waals surface area contributed by atoms with Crippen molar-refractivity contribution in [1.82, 2.24) is 0 Å². The van der Waals surface area contributed by atoms with Crippen molar-refractivity contribution in [3.63, 3.8) is 0 Å². The van der Waals surface area contributed by atoms with Crippen LogP contribution in [0.5, 0.6) is 0 Å². The molecule has 1 aliphatic carbocycles. The van der Waals surface area contributed by atoms with E-state index in [0.717, 1.165) is 25.7 Å². The topological polar surface area (TPSA) is 17.1 Å². The van der Waals surface area contributed by atoms with Crippen LogP contribution in [0.2, 0.25) is 0 Å². The van der Waals surface area contributed by atoms with E-state index in [2.05, 4.69) is 55.5 Å². The third-order valence-electron chi connectivity index (χ3n) is 5.25. The lowest BCUT2D eigenvalue weighted by molar-refractivity contribution is -0.123. The van der Waals surface area contributed by atoms with Gasteiger partial charge in [0.15, 0.2) is 0 Å². The minimum atomic E-state index is 0.315. The van der Waals surface area contributed by atoms with Gasteiger partial charge >= 0.3 is 0 Å². The van der Waals surface area contributed by atoms with Crippen LogP contribution in [-0.4, -0.2) is 5.78 Å². The highest BCUT2D eigenvalue weighted by Crippen LogP contribution is 2.25. The number of carbonyl (C=O) groups is 1. The molecule has 1 saturated carbocycles. The Kier molecular flexibility index (Phi) is 5.85. The summed E-state index contributed by atoms with van der Waals surface area (Å²) in [6, 6.07) is 17.4. The van der Waals surface area contributed by atoms with Crippen LogP contribution in [0.4, 0.5) is 0 Å². The first kappa shape index (κ1) is 17.0. The largest absolute Gasteiger partial charge is 0.299 e. The Bertz CT molecular complexity index is 663. The maximum Gasteiger partial charge on any atom is 0.140 e. The van der Waals surface area contributed by atoms with E-state index in [1.54, 1.807) is 0 Å². The fraction of sp³-hybridized carbons (Fsp3) is 0.435. The Labute approximate surface area is 146 Å². The van der Waals surface area contributed by atoms with Gasteiger partial charge in [-0.15, -0.1) is 0 Å². The first-order chi connectivity index (χ1) is 11.7. The summed E-state index contributed by atoms with van der Waals surface area (Å²) >= 11 is 0. The highest BCUT2D eigenvalue weighted by atomic mass is 16.1. The van der Waals surface area contributed by atoms with E-state index < -0.39 is 0 Å². The molecule has 0 bridgehead atoms. The first-order valence-electron chi connectivity index (χ1n) is 9.37. The van der Waals surface area contributed by atoms with Crippen LogP contribution in [0.25, 0.3) is 0 Å². The van der Waals surface area contributed by atoms with E-state index >= 15 is 0 Å². The molecule has 0 radical (unpaired) electrons. The number of hydrogen-bond acceptors (Lipinski definition) is 1. The van der Waals surface area contributed by atoms with Gasteiger partial charge in [-0.3, -0.25) is 4.79 Å². The summed E-state index contributed by atoms with van der Waals surface area (Å²) in [7, 11) is 0. The number of carbonyl (C=O) groups excluding carboxylic acids is 1. The maximum absolute atomic E-state index is 12.5. The average Bonchev–Trinajstić information content (AvgIpc) is 2.62. The second-order valence-corrected chi connectivity index (χ2v) is 7.28. The zero-order valence-electron chi connectivity index (χ0n) is 14.8. The van der Waals surface area contributed by atoms with Gasteiger partial charge in [-0.25, -0.2) is 0 Å². The molecule has 0 N–H and O–H groups in total. The van der Waals surface area contributed by atoms with Gasteiger partial charge in [0.25, 0.3) is 0 Å². The molecule has 126 valence electrons. The predicted molar refractivity (Wildman–Crippen MR) is 100 cm³/mol. The molecule has 0 saturated heterocycles. The zero-order chi connectivity index (χ0) is 16.8. The van der Waals surface area contributed by atoms with Crippen molar-refractivity contribution in [2.75, 3.05) is 0 Å². The normalized spacial score (nSPS) is 15.4. The van der Waals surface area contributed by atoms with Crippen molar-refractivity contribution in [2.24, 2.45) is 5.92 Å². The number of benzene rings is 2. The average molecular weight is 320 g/mol. The Balaban J connectivity index is 1.57. The van der Waals surface area contributed by atoms with Gasteiger partial charge < -0.3 is 0 Å². The molecular formula is C23H28O. The number of rotatable bonds is 6. The molecule has 1 heteroatoms. The van der Waals surface area contributed by atoms with E-state index in [0.29, 0.717) is 18.1 Å². The fourth-order valence-electron chi connectivity index (χ4n) is 3.71. The van der Waals surface area contributed by atoms with Crippen molar-refractivity contribution in [3.8, 4) is 0 Å². The van der Waals surface area contributed by atoms with Crippen LogP contribution in [0.15, 0.2) is 48.5 Å². The summed E-state index contributed by atoms with van der Waals surface area (Å²) in [6.07, 6.45) is 8.67. The van der Waals surface area contributed by atoms with Crippen molar-refractivity contribution in [1.29, 1.82) is 0 Å². The third kappa shape index (κ3) is 4.80. The zero-order valence-corrected chi connectivity index (χ0v) is 14.8. The van der Waals surface area contributed by atoms with Crippen LogP contribution in [0.1, 0.15) is 54.4 Å². The molecule has 1 fully saturated rings. The van der Waals surface area contributed by atoms with Crippen molar-refractivity contribution < 1.29 is 4.79 Å². The fourth-order valence-corrected chi connectivity index (χ4v) is 3.71. The van der Waals surface area contributed by atoms with Gasteiger partial charge in [0.1, 0.15) is 5.78 Å². The maximum atomic E-state index is 12.5. The van der Waals surface area contributed by atoms with Crippen molar-refractivity contribution in [3.05, 3.63) is 70.8 Å². The minimum Gasteiger partial charge on any atom is -0.299 e. The Morgan fingerprint density at radius 1 is 0.875 bits per heavy atom. The summed E-state index contributed by atoms with van der Waals surface area (Å²) in [5, 5.41) is 0. The van der Waals surface area contributed by atoms with E-state index in [4.69, 9.17) is 0 Å². The van der Waals surface area contributed by atoms with Gasteiger partial charge in [-0.1, -0.05) is 73.4 Å². The number of ketones is 1. The van der Waals surface area contributed by atoms with E-state index in [1.165, 1.54) is 41.5 Å². The molecule has 0 amide bonds. The van der Waals surface area contributed by atoms with Crippen LogP contribution < -0.4 is 0 Å². The van der Waals surface area contributed by atoms with Crippen molar-refractivity contribution >= 4 is 5.78 Å². The molecule has 0 heterocycles. The molecule has 24 heavy (non-hydrogen) atoms. The van der Waals surface area contributed by atoms with Crippen LogP contribution in [0.3, 0.4) is 0 Å². The number of Topliss-reactive ketones (excluding diaryl/α,β-unsaturated/α-hetero) is 1. The molecule has 0 aliphatic heterocycles. The lowest BCUT2D eigenvalue weighted by Gasteiger charge is -2.20. The molecule has 2 aromatic carbocycles. The second-order valence-electron chi connectivity index (χ2n) is 7.28. The summed E-state index contributed by atoms with van der Waals surface area (Å²) in [4.78, 5) is 12.5. The number of aryl methyl sites for hydroxylation is 3. The summed E-state index contributed by atoms with van der Waals surface area (Å²) in [6.45, 7) is 2.12. The summed E-state index contributed by atoms with van der Waals surface area (Å²) in [5.74, 6) is 0.764. The van der Waals surface area contributed by atoms with Gasteiger partial charge in [0.05, 0.1) is 0 Å². The molecule has 1 aliphatic rings. The highest BCUT2D eigenvalue weighted by molar-refractivity contribution is 5.83. The van der Waals surface area contributed by atoms with Crippen molar-refractivity contribution in [2.45, 2.75) is 58.3 Å². The number of hydrogen-bond donors (Lipinski definition) is 0. The quantitative estimate of drug-likeness (QED) is 0.689. The molecule has 0 spiro atoms. The highest BCUT2D eigenvalue weighted by Gasteiger charge is 2.20. The Hall–Kier alpha value is -1.89. The van der Waals surface area contributed by atoms with E-state index in [1.807, 2.05) is 0 Å². The van der Waals surface area contributed by atoms with Crippen LogP contribution >= 0.6 is 0 Å². The predicted octanol–water partition coefficient (Wildman–Crippen LogP) is 5.47. The lowest BCUT2D eigenvalue weighted by atomic mass is 9.84. The van der Waals surface area contributed by atoms with Gasteiger partial charge in [0, 0.05) is 12.3 Å². The SMILES string of the molecule is Cc1ccc(CCc2cccc(CC(=O)C3CCCCC3)c2)cc1. The minimum absolute atomic E-state index is 0.315. The standard InChI is InChI=1S/C23H28O/c1-18-10-12-19(13-11-18)14-15-20-6-5-7-21(16-20)17-23(24)22-8-3-2-4-9-22/h5-7,10-13,16,22H,2-4,8-9,14-15,17H2,1H3. The monoisotopic (exact) mass is 320 g/mol. The van der Waals surface area contributed by atoms with Crippen LogP contribution in [-0.2, 0) is 24.1 Å². The third-order valence-corrected chi connectivity index (χ3v) is 5.25. The van der Waals surface area contributed by atoms with E-state index in [-0.39, 0.29) is 0 Å². The molecule has 0 unspecified atom stereocenters. The van der Waals surface area contributed by atoms with Gasteiger partial charge in [0.2, 0.25) is 0 Å². The van der Waals surface area contributed by atoms with E-state index in [9.17, 15) is 4.79 Å². The molecule has 2 aromatic rings. The molecular weight excluding hydrogens is 292 g/mol. The van der Waals surface area contributed by atoms with Gasteiger partial charge in [-0.2, -0.15) is 0 Å². The summed E-state index contributed by atoms with van der Waals surface area (Å²) in [5.41, 5.74) is 5.21. The Morgan fingerprint density at radius 3 is 2.29 bits per heavy atom. The summed E-state index contributed by atoms with van der Waals surface area (Å²) < 4.78 is 0. The molecule has 3 rings (SSSR count). The van der Waals surface area contributed by atoms with Crippen LogP contribution in [0, 0.1) is 12.8 Å². The van der Waals surface area contributed by atoms with Gasteiger partial charge in [-0.05, 0) is 49.3 Å². The Morgan fingerprint density at radius 2 is 1.54 bits per heavy atom. The molecule has 1 nitrogen and oxygen atoms in total. The second kappa shape index (κ2) is 8.28.